The summed E-state index contributed by atoms with van der Waals surface area (Å²) in [5.74, 6) is 0.518. The summed E-state index contributed by atoms with van der Waals surface area (Å²) >= 11 is 0. The van der Waals surface area contributed by atoms with Crippen LogP contribution >= 0.6 is 0 Å². The average molecular weight is 339 g/mol. The van der Waals surface area contributed by atoms with Crippen LogP contribution in [0.1, 0.15) is 31.2 Å². The van der Waals surface area contributed by atoms with Crippen LogP contribution in [-0.4, -0.2) is 30.1 Å². The van der Waals surface area contributed by atoms with E-state index in [0.29, 0.717) is 18.0 Å². The van der Waals surface area contributed by atoms with E-state index in [0.717, 1.165) is 38.8 Å². The smallest absolute Gasteiger partial charge is 0.238 e. The number of nitrogens with one attached hydrogen (secondary N) is 2. The molecule has 1 aliphatic rings. The summed E-state index contributed by atoms with van der Waals surface area (Å²) in [5.41, 5.74) is 1.91. The summed E-state index contributed by atoms with van der Waals surface area (Å²) in [5, 5.41) is 6.26. The number of benzene rings is 1. The normalized spacial score (nSPS) is 14.9. The van der Waals surface area contributed by atoms with E-state index in [4.69, 9.17) is 4.74 Å². The van der Waals surface area contributed by atoms with Gasteiger partial charge in [0.25, 0.3) is 0 Å². The molecular weight excluding hydrogens is 314 g/mol. The average Bonchev–Trinajstić information content (AvgIpc) is 2.65. The highest BCUT2D eigenvalue weighted by Gasteiger charge is 2.17. The molecule has 132 valence electrons. The van der Waals surface area contributed by atoms with Crippen molar-refractivity contribution >= 4 is 11.6 Å². The number of hydrogen-bond donors (Lipinski definition) is 2. The third-order valence-electron chi connectivity index (χ3n) is 4.32. The molecular formula is C20H25N3O2. The minimum Gasteiger partial charge on any atom is -0.473 e. The van der Waals surface area contributed by atoms with Crippen molar-refractivity contribution in [3.8, 4) is 5.88 Å². The molecule has 1 aliphatic heterocycles. The Morgan fingerprint density at radius 2 is 1.96 bits per heavy atom. The predicted molar refractivity (Wildman–Crippen MR) is 98.8 cm³/mol. The summed E-state index contributed by atoms with van der Waals surface area (Å²) < 4.78 is 6.00. The van der Waals surface area contributed by atoms with Crippen LogP contribution < -0.4 is 15.4 Å². The van der Waals surface area contributed by atoms with Gasteiger partial charge in [0.15, 0.2) is 0 Å². The largest absolute Gasteiger partial charge is 0.473 e. The van der Waals surface area contributed by atoms with Crippen molar-refractivity contribution in [2.75, 3.05) is 18.4 Å². The maximum Gasteiger partial charge on any atom is 0.238 e. The highest BCUT2D eigenvalue weighted by Crippen LogP contribution is 2.24. The summed E-state index contributed by atoms with van der Waals surface area (Å²) in [7, 11) is 0. The van der Waals surface area contributed by atoms with E-state index >= 15 is 0 Å². The molecule has 1 aromatic heterocycles. The van der Waals surface area contributed by atoms with Gasteiger partial charge in [-0.05, 0) is 56.5 Å². The van der Waals surface area contributed by atoms with Crippen LogP contribution in [0.2, 0.25) is 0 Å². The quantitative estimate of drug-likeness (QED) is 0.813. The number of aromatic nitrogens is 1. The molecule has 2 aromatic rings. The number of carbonyl (C=O) groups excluding carboxylic acids is 1. The van der Waals surface area contributed by atoms with Crippen molar-refractivity contribution in [1.29, 1.82) is 0 Å². The second-order valence-electron chi connectivity index (χ2n) is 6.31. The fraction of sp³-hybridized carbons (Fsp3) is 0.400. The summed E-state index contributed by atoms with van der Waals surface area (Å²) in [6.07, 6.45) is 5.98. The summed E-state index contributed by atoms with van der Waals surface area (Å²) in [6.45, 7) is 1.91. The minimum atomic E-state index is -0.000841. The highest BCUT2D eigenvalue weighted by molar-refractivity contribution is 5.91. The highest BCUT2D eigenvalue weighted by atomic mass is 16.5. The van der Waals surface area contributed by atoms with Gasteiger partial charge in [0.1, 0.15) is 11.8 Å². The zero-order chi connectivity index (χ0) is 17.3. The molecule has 5 heteroatoms. The number of aryl methyl sites for hydroxylation is 1. The summed E-state index contributed by atoms with van der Waals surface area (Å²) in [6, 6.07) is 13.9. The van der Waals surface area contributed by atoms with E-state index in [1.165, 1.54) is 5.56 Å². The van der Waals surface area contributed by atoms with Crippen molar-refractivity contribution in [2.24, 2.45) is 0 Å². The van der Waals surface area contributed by atoms with Gasteiger partial charge in [0.2, 0.25) is 11.8 Å². The van der Waals surface area contributed by atoms with Gasteiger partial charge in [-0.1, -0.05) is 30.3 Å². The molecule has 0 saturated carbocycles. The van der Waals surface area contributed by atoms with Gasteiger partial charge in [-0.3, -0.25) is 4.79 Å². The maximum absolute atomic E-state index is 12.2. The number of pyridine rings is 1. The number of nitrogens with zero attached hydrogens (tertiary/aromatic N) is 1. The molecule has 0 atom stereocenters. The van der Waals surface area contributed by atoms with E-state index in [-0.39, 0.29) is 12.0 Å². The molecule has 1 aromatic carbocycles. The Kier molecular flexibility index (Phi) is 6.40. The molecule has 2 N–H and O–H groups in total. The molecule has 1 saturated heterocycles. The van der Waals surface area contributed by atoms with Gasteiger partial charge < -0.3 is 15.4 Å². The number of rotatable bonds is 7. The zero-order valence-corrected chi connectivity index (χ0v) is 14.4. The molecule has 2 heterocycles. The Bertz CT molecular complexity index is 670. The molecule has 0 aliphatic carbocycles. The Balaban J connectivity index is 1.50. The Hall–Kier alpha value is -2.40. The van der Waals surface area contributed by atoms with Crippen molar-refractivity contribution in [3.63, 3.8) is 0 Å². The second kappa shape index (κ2) is 9.18. The lowest BCUT2D eigenvalue weighted by Gasteiger charge is -2.24. The lowest BCUT2D eigenvalue weighted by atomic mass is 10.1. The zero-order valence-electron chi connectivity index (χ0n) is 14.4. The predicted octanol–water partition coefficient (Wildman–Crippen LogP) is 3.17. The van der Waals surface area contributed by atoms with Gasteiger partial charge in [-0.2, -0.15) is 0 Å². The first-order chi connectivity index (χ1) is 12.3. The monoisotopic (exact) mass is 339 g/mol. The molecule has 0 spiro atoms. The first kappa shape index (κ1) is 17.4. The van der Waals surface area contributed by atoms with Crippen molar-refractivity contribution < 1.29 is 9.53 Å². The van der Waals surface area contributed by atoms with E-state index in [1.54, 1.807) is 6.20 Å². The molecule has 0 radical (unpaired) electrons. The van der Waals surface area contributed by atoms with E-state index < -0.39 is 0 Å². The minimum absolute atomic E-state index is 0.000841. The van der Waals surface area contributed by atoms with Crippen LogP contribution in [0.25, 0.3) is 0 Å². The number of amides is 1. The topological polar surface area (TPSA) is 63.2 Å². The van der Waals surface area contributed by atoms with Crippen LogP contribution in [0.5, 0.6) is 5.88 Å². The van der Waals surface area contributed by atoms with Gasteiger partial charge >= 0.3 is 0 Å². The van der Waals surface area contributed by atoms with Gasteiger partial charge in [-0.25, -0.2) is 4.98 Å². The fourth-order valence-electron chi connectivity index (χ4n) is 2.96. The molecule has 0 bridgehead atoms. The van der Waals surface area contributed by atoms with E-state index in [1.807, 2.05) is 30.3 Å². The van der Waals surface area contributed by atoms with Crippen LogP contribution in [0.15, 0.2) is 48.7 Å². The van der Waals surface area contributed by atoms with E-state index in [9.17, 15) is 4.79 Å². The summed E-state index contributed by atoms with van der Waals surface area (Å²) in [4.78, 5) is 16.5. The van der Waals surface area contributed by atoms with Gasteiger partial charge in [0.05, 0.1) is 0 Å². The third kappa shape index (κ3) is 5.57. The Labute approximate surface area is 148 Å². The number of piperidine rings is 1. The third-order valence-corrected chi connectivity index (χ3v) is 4.32. The molecule has 1 fully saturated rings. The molecule has 0 unspecified atom stereocenters. The lowest BCUT2D eigenvalue weighted by Crippen LogP contribution is -2.34. The van der Waals surface area contributed by atoms with Crippen molar-refractivity contribution in [2.45, 2.75) is 38.2 Å². The van der Waals surface area contributed by atoms with Gasteiger partial charge in [0, 0.05) is 12.6 Å². The van der Waals surface area contributed by atoms with Gasteiger partial charge in [-0.15, -0.1) is 0 Å². The fourth-order valence-corrected chi connectivity index (χ4v) is 2.96. The Morgan fingerprint density at radius 3 is 2.76 bits per heavy atom. The number of hydrogen-bond acceptors (Lipinski definition) is 4. The molecule has 3 rings (SSSR count). The number of ether oxygens (including phenoxy) is 1. The second-order valence-corrected chi connectivity index (χ2v) is 6.31. The van der Waals surface area contributed by atoms with Crippen LogP contribution in [0.4, 0.5) is 5.69 Å². The van der Waals surface area contributed by atoms with Crippen LogP contribution in [0.3, 0.4) is 0 Å². The van der Waals surface area contributed by atoms with Crippen LogP contribution in [0, 0.1) is 0 Å². The standard InChI is InChI=1S/C20H25N3O2/c24-19(10-4-8-16-6-2-1-3-7-16)23-18-9-5-13-22-20(18)25-17-11-14-21-15-12-17/h1-3,5-7,9,13,17,21H,4,8,10-12,14-15H2,(H,23,24). The van der Waals surface area contributed by atoms with Crippen molar-refractivity contribution in [1.82, 2.24) is 10.3 Å². The number of anilines is 1. The number of carbonyl (C=O) groups is 1. The van der Waals surface area contributed by atoms with Crippen molar-refractivity contribution in [3.05, 3.63) is 54.2 Å². The maximum atomic E-state index is 12.2. The van der Waals surface area contributed by atoms with Crippen LogP contribution in [-0.2, 0) is 11.2 Å². The SMILES string of the molecule is O=C(CCCc1ccccc1)Nc1cccnc1OC1CCNCC1. The molecule has 1 amide bonds. The molecule has 5 nitrogen and oxygen atoms in total. The molecule has 25 heavy (non-hydrogen) atoms. The lowest BCUT2D eigenvalue weighted by molar-refractivity contribution is -0.116. The first-order valence-corrected chi connectivity index (χ1v) is 8.97. The Morgan fingerprint density at radius 1 is 1.16 bits per heavy atom. The van der Waals surface area contributed by atoms with E-state index in [2.05, 4.69) is 27.8 Å². The first-order valence-electron chi connectivity index (χ1n) is 8.97.